The smallest absolute Gasteiger partial charge is 0.294 e. The summed E-state index contributed by atoms with van der Waals surface area (Å²) in [6, 6.07) is 9.78. The molecule has 0 atom stereocenters. The van der Waals surface area contributed by atoms with Crippen LogP contribution in [0.15, 0.2) is 47.4 Å². The SMILES string of the molecule is COc1ccc(S(=O)(=O)O)cc1NC(=O)c1ccc(Cl)cc1. The zero-order valence-electron chi connectivity index (χ0n) is 11.4. The molecule has 2 aromatic rings. The highest BCUT2D eigenvalue weighted by molar-refractivity contribution is 7.85. The number of benzene rings is 2. The maximum Gasteiger partial charge on any atom is 0.294 e. The average Bonchev–Trinajstić information content (AvgIpc) is 2.46. The molecule has 0 spiro atoms. The first-order valence-corrected chi connectivity index (χ1v) is 7.85. The van der Waals surface area contributed by atoms with Gasteiger partial charge in [-0.25, -0.2) is 0 Å². The van der Waals surface area contributed by atoms with Crippen molar-refractivity contribution in [1.82, 2.24) is 0 Å². The van der Waals surface area contributed by atoms with Crippen molar-refractivity contribution in [3.8, 4) is 5.75 Å². The van der Waals surface area contributed by atoms with Crippen molar-refractivity contribution in [2.45, 2.75) is 4.90 Å². The fourth-order valence-corrected chi connectivity index (χ4v) is 2.37. The lowest BCUT2D eigenvalue weighted by Crippen LogP contribution is -2.13. The Kier molecular flexibility index (Phi) is 4.70. The number of rotatable bonds is 4. The van der Waals surface area contributed by atoms with Crippen molar-refractivity contribution in [3.63, 3.8) is 0 Å². The highest BCUT2D eigenvalue weighted by atomic mass is 35.5. The maximum atomic E-state index is 12.1. The van der Waals surface area contributed by atoms with Gasteiger partial charge in [-0.1, -0.05) is 11.6 Å². The van der Waals surface area contributed by atoms with E-state index >= 15 is 0 Å². The van der Waals surface area contributed by atoms with E-state index in [1.54, 1.807) is 12.1 Å². The Morgan fingerprint density at radius 1 is 1.18 bits per heavy atom. The van der Waals surface area contributed by atoms with E-state index in [1.165, 1.54) is 31.4 Å². The lowest BCUT2D eigenvalue weighted by molar-refractivity contribution is 0.102. The molecule has 1 amide bonds. The molecule has 0 radical (unpaired) electrons. The molecular formula is C14H12ClNO5S. The number of methoxy groups -OCH3 is 1. The molecule has 2 aromatic carbocycles. The first-order valence-electron chi connectivity index (χ1n) is 6.03. The zero-order valence-corrected chi connectivity index (χ0v) is 13.0. The third-order valence-electron chi connectivity index (χ3n) is 2.82. The van der Waals surface area contributed by atoms with Crippen molar-refractivity contribution < 1.29 is 22.5 Å². The average molecular weight is 342 g/mol. The Balaban J connectivity index is 2.35. The Hall–Kier alpha value is -2.09. The van der Waals surface area contributed by atoms with E-state index in [-0.39, 0.29) is 16.3 Å². The van der Waals surface area contributed by atoms with Gasteiger partial charge in [0.15, 0.2) is 0 Å². The first-order chi connectivity index (χ1) is 10.3. The number of carbonyl (C=O) groups excluding carboxylic acids is 1. The van der Waals surface area contributed by atoms with Gasteiger partial charge in [0.25, 0.3) is 16.0 Å². The van der Waals surface area contributed by atoms with E-state index in [4.69, 9.17) is 20.9 Å². The summed E-state index contributed by atoms with van der Waals surface area (Å²) in [6.45, 7) is 0. The third kappa shape index (κ3) is 3.76. The maximum absolute atomic E-state index is 12.1. The van der Waals surface area contributed by atoms with E-state index in [9.17, 15) is 13.2 Å². The van der Waals surface area contributed by atoms with Gasteiger partial charge in [0.05, 0.1) is 17.7 Å². The number of amides is 1. The van der Waals surface area contributed by atoms with Gasteiger partial charge < -0.3 is 10.1 Å². The van der Waals surface area contributed by atoms with Gasteiger partial charge >= 0.3 is 0 Å². The van der Waals surface area contributed by atoms with Crippen molar-refractivity contribution in [3.05, 3.63) is 53.1 Å². The van der Waals surface area contributed by atoms with Crippen LogP contribution in [-0.4, -0.2) is 26.0 Å². The van der Waals surface area contributed by atoms with Crippen molar-refractivity contribution >= 4 is 33.3 Å². The van der Waals surface area contributed by atoms with Gasteiger partial charge in [0, 0.05) is 10.6 Å². The molecular weight excluding hydrogens is 330 g/mol. The monoisotopic (exact) mass is 341 g/mol. The fraction of sp³-hybridized carbons (Fsp3) is 0.0714. The second-order valence-electron chi connectivity index (χ2n) is 4.30. The summed E-state index contributed by atoms with van der Waals surface area (Å²) in [5, 5.41) is 3.02. The van der Waals surface area contributed by atoms with Crippen LogP contribution in [0.3, 0.4) is 0 Å². The number of nitrogens with one attached hydrogen (secondary N) is 1. The Morgan fingerprint density at radius 3 is 2.36 bits per heavy atom. The number of halogens is 1. The Labute approximate surface area is 132 Å². The molecule has 116 valence electrons. The number of hydrogen-bond acceptors (Lipinski definition) is 4. The van der Waals surface area contributed by atoms with E-state index < -0.39 is 16.0 Å². The van der Waals surface area contributed by atoms with Crippen LogP contribution in [0.4, 0.5) is 5.69 Å². The van der Waals surface area contributed by atoms with Crippen LogP contribution in [0, 0.1) is 0 Å². The van der Waals surface area contributed by atoms with Crippen LogP contribution >= 0.6 is 11.6 Å². The van der Waals surface area contributed by atoms with Crippen LogP contribution in [0.1, 0.15) is 10.4 Å². The Bertz CT molecular complexity index is 802. The molecule has 8 heteroatoms. The summed E-state index contributed by atoms with van der Waals surface area (Å²) in [6.07, 6.45) is 0. The highest BCUT2D eigenvalue weighted by Crippen LogP contribution is 2.28. The van der Waals surface area contributed by atoms with E-state index in [0.717, 1.165) is 6.07 Å². The van der Waals surface area contributed by atoms with Gasteiger partial charge in [-0.15, -0.1) is 0 Å². The minimum Gasteiger partial charge on any atom is -0.495 e. The number of anilines is 1. The molecule has 22 heavy (non-hydrogen) atoms. The second-order valence-corrected chi connectivity index (χ2v) is 6.16. The summed E-state index contributed by atoms with van der Waals surface area (Å²) < 4.78 is 36.5. The van der Waals surface area contributed by atoms with Crippen LogP contribution < -0.4 is 10.1 Å². The summed E-state index contributed by atoms with van der Waals surface area (Å²) in [7, 11) is -3.01. The number of ether oxygens (including phenoxy) is 1. The molecule has 0 aromatic heterocycles. The van der Waals surface area contributed by atoms with Crippen molar-refractivity contribution in [2.75, 3.05) is 12.4 Å². The molecule has 0 heterocycles. The highest BCUT2D eigenvalue weighted by Gasteiger charge is 2.15. The zero-order chi connectivity index (χ0) is 16.3. The van der Waals surface area contributed by atoms with Crippen LogP contribution in [0.25, 0.3) is 0 Å². The largest absolute Gasteiger partial charge is 0.495 e. The van der Waals surface area contributed by atoms with Crippen LogP contribution in [-0.2, 0) is 10.1 Å². The summed E-state index contributed by atoms with van der Waals surface area (Å²) in [4.78, 5) is 11.8. The van der Waals surface area contributed by atoms with Crippen LogP contribution in [0.2, 0.25) is 5.02 Å². The quantitative estimate of drug-likeness (QED) is 0.834. The molecule has 0 aliphatic heterocycles. The molecule has 0 fully saturated rings. The van der Waals surface area contributed by atoms with E-state index in [2.05, 4.69) is 5.32 Å². The van der Waals surface area contributed by atoms with Gasteiger partial charge in [0.1, 0.15) is 5.75 Å². The van der Waals surface area contributed by atoms with Gasteiger partial charge in [-0.3, -0.25) is 9.35 Å². The normalized spacial score (nSPS) is 11.0. The summed E-state index contributed by atoms with van der Waals surface area (Å²) in [5.41, 5.74) is 0.460. The predicted octanol–water partition coefficient (Wildman–Crippen LogP) is 2.85. The topological polar surface area (TPSA) is 92.7 Å². The molecule has 6 nitrogen and oxygen atoms in total. The number of carbonyl (C=O) groups is 1. The van der Waals surface area contributed by atoms with Crippen LogP contribution in [0.5, 0.6) is 5.75 Å². The van der Waals surface area contributed by atoms with Gasteiger partial charge in [-0.2, -0.15) is 8.42 Å². The summed E-state index contributed by atoms with van der Waals surface area (Å²) in [5.74, 6) is -0.211. The molecule has 0 unspecified atom stereocenters. The minimum atomic E-state index is -4.38. The fourth-order valence-electron chi connectivity index (χ4n) is 1.74. The second kappa shape index (κ2) is 6.35. The first kappa shape index (κ1) is 16.3. The molecule has 0 saturated carbocycles. The third-order valence-corrected chi connectivity index (χ3v) is 3.93. The molecule has 2 N–H and O–H groups in total. The van der Waals surface area contributed by atoms with E-state index in [0.29, 0.717) is 10.6 Å². The molecule has 0 aliphatic carbocycles. The van der Waals surface area contributed by atoms with Crippen molar-refractivity contribution in [2.24, 2.45) is 0 Å². The minimum absolute atomic E-state index is 0.123. The molecule has 2 rings (SSSR count). The molecule has 0 aliphatic rings. The van der Waals surface area contributed by atoms with Gasteiger partial charge in [0.2, 0.25) is 0 Å². The van der Waals surface area contributed by atoms with E-state index in [1.807, 2.05) is 0 Å². The van der Waals surface area contributed by atoms with Crippen molar-refractivity contribution in [1.29, 1.82) is 0 Å². The Morgan fingerprint density at radius 2 is 1.82 bits per heavy atom. The standard InChI is InChI=1S/C14H12ClNO5S/c1-21-13-7-6-11(22(18,19)20)8-12(13)16-14(17)9-2-4-10(15)5-3-9/h2-8H,1H3,(H,16,17)(H,18,19,20). The summed E-state index contributed by atoms with van der Waals surface area (Å²) >= 11 is 5.75. The molecule has 0 saturated heterocycles. The molecule has 0 bridgehead atoms. The number of hydrogen-bond donors (Lipinski definition) is 2. The lowest BCUT2D eigenvalue weighted by Gasteiger charge is -2.11. The lowest BCUT2D eigenvalue weighted by atomic mass is 10.2. The predicted molar refractivity (Wildman–Crippen MR) is 82.2 cm³/mol. The van der Waals surface area contributed by atoms with Gasteiger partial charge in [-0.05, 0) is 42.5 Å².